The van der Waals surface area contributed by atoms with Crippen LogP contribution in [0.25, 0.3) is 0 Å². The van der Waals surface area contributed by atoms with Crippen LogP contribution in [0, 0.1) is 0 Å². The zero-order valence-electron chi connectivity index (χ0n) is 14.9. The predicted octanol–water partition coefficient (Wildman–Crippen LogP) is 2.83. The van der Waals surface area contributed by atoms with Gasteiger partial charge in [-0.2, -0.15) is 0 Å². The van der Waals surface area contributed by atoms with Crippen LogP contribution in [0.15, 0.2) is 61.2 Å². The van der Waals surface area contributed by atoms with Crippen LogP contribution in [0.4, 0.5) is 0 Å². The molecule has 2 aromatic rings. The Morgan fingerprint density at radius 1 is 1.23 bits per heavy atom. The molecule has 5 heteroatoms. The minimum absolute atomic E-state index is 0.0325. The number of nitrogens with two attached hydrogens (primary N) is 1. The number of rotatable bonds is 6. The SMILES string of the molecule is C=CCOc1cccc(C(=O)N2CC(N)C(c3cccc(OC)c3)C2)c1. The Morgan fingerprint density at radius 2 is 2.00 bits per heavy atom. The molecular formula is C21H24N2O3. The van der Waals surface area contributed by atoms with Crippen LogP contribution in [-0.2, 0) is 0 Å². The van der Waals surface area contributed by atoms with Crippen molar-refractivity contribution >= 4 is 5.91 Å². The van der Waals surface area contributed by atoms with Crippen molar-refractivity contribution in [3.63, 3.8) is 0 Å². The molecule has 1 amide bonds. The topological polar surface area (TPSA) is 64.8 Å². The molecule has 1 heterocycles. The zero-order valence-corrected chi connectivity index (χ0v) is 14.9. The van der Waals surface area contributed by atoms with Gasteiger partial charge in [0.25, 0.3) is 5.91 Å². The van der Waals surface area contributed by atoms with Crippen molar-refractivity contribution in [2.24, 2.45) is 5.73 Å². The van der Waals surface area contributed by atoms with Gasteiger partial charge in [0, 0.05) is 30.6 Å². The first-order chi connectivity index (χ1) is 12.6. The minimum atomic E-state index is -0.105. The first-order valence-corrected chi connectivity index (χ1v) is 8.65. The van der Waals surface area contributed by atoms with Crippen LogP contribution in [0.2, 0.25) is 0 Å². The van der Waals surface area contributed by atoms with E-state index >= 15 is 0 Å². The maximum absolute atomic E-state index is 12.9. The lowest BCUT2D eigenvalue weighted by Gasteiger charge is -2.17. The molecule has 26 heavy (non-hydrogen) atoms. The van der Waals surface area contributed by atoms with E-state index in [0.29, 0.717) is 31.0 Å². The molecule has 0 aromatic heterocycles. The van der Waals surface area contributed by atoms with Crippen molar-refractivity contribution in [3.8, 4) is 11.5 Å². The van der Waals surface area contributed by atoms with E-state index in [-0.39, 0.29) is 17.9 Å². The zero-order chi connectivity index (χ0) is 18.5. The third-order valence-electron chi connectivity index (χ3n) is 4.62. The van der Waals surface area contributed by atoms with Crippen molar-refractivity contribution < 1.29 is 14.3 Å². The van der Waals surface area contributed by atoms with Gasteiger partial charge in [-0.3, -0.25) is 4.79 Å². The monoisotopic (exact) mass is 352 g/mol. The molecule has 1 aliphatic heterocycles. The Morgan fingerprint density at radius 3 is 2.77 bits per heavy atom. The van der Waals surface area contributed by atoms with Gasteiger partial charge in [0.05, 0.1) is 7.11 Å². The lowest BCUT2D eigenvalue weighted by molar-refractivity contribution is 0.0788. The van der Waals surface area contributed by atoms with Crippen LogP contribution in [0.3, 0.4) is 0 Å². The van der Waals surface area contributed by atoms with Gasteiger partial charge in [-0.05, 0) is 35.9 Å². The van der Waals surface area contributed by atoms with Gasteiger partial charge in [-0.15, -0.1) is 0 Å². The van der Waals surface area contributed by atoms with Gasteiger partial charge in [0.2, 0.25) is 0 Å². The standard InChI is InChI=1S/C21H24N2O3/c1-3-10-26-18-9-5-7-16(12-18)21(24)23-13-19(20(22)14-23)15-6-4-8-17(11-15)25-2/h3-9,11-12,19-20H,1,10,13-14,22H2,2H3. The summed E-state index contributed by atoms with van der Waals surface area (Å²) in [5, 5.41) is 0. The summed E-state index contributed by atoms with van der Waals surface area (Å²) in [5.74, 6) is 1.51. The molecule has 1 saturated heterocycles. The molecule has 2 N–H and O–H groups in total. The van der Waals surface area contributed by atoms with Crippen molar-refractivity contribution in [1.82, 2.24) is 4.90 Å². The van der Waals surface area contributed by atoms with E-state index < -0.39 is 0 Å². The largest absolute Gasteiger partial charge is 0.497 e. The number of hydrogen-bond acceptors (Lipinski definition) is 4. The summed E-state index contributed by atoms with van der Waals surface area (Å²) < 4.78 is 10.8. The van der Waals surface area contributed by atoms with Crippen molar-refractivity contribution in [1.29, 1.82) is 0 Å². The molecule has 2 aromatic carbocycles. The molecule has 0 spiro atoms. The number of benzene rings is 2. The molecular weight excluding hydrogens is 328 g/mol. The molecule has 0 aliphatic carbocycles. The molecule has 2 unspecified atom stereocenters. The highest BCUT2D eigenvalue weighted by Crippen LogP contribution is 2.30. The first kappa shape index (κ1) is 18.0. The smallest absolute Gasteiger partial charge is 0.254 e. The summed E-state index contributed by atoms with van der Waals surface area (Å²) in [4.78, 5) is 14.7. The average Bonchev–Trinajstić information content (AvgIpc) is 3.07. The van der Waals surface area contributed by atoms with E-state index in [1.54, 1.807) is 30.2 Å². The molecule has 1 fully saturated rings. The lowest BCUT2D eigenvalue weighted by Crippen LogP contribution is -2.32. The highest BCUT2D eigenvalue weighted by atomic mass is 16.5. The molecule has 1 aliphatic rings. The summed E-state index contributed by atoms with van der Waals surface area (Å²) in [5.41, 5.74) is 8.03. The fraction of sp³-hybridized carbons (Fsp3) is 0.286. The van der Waals surface area contributed by atoms with E-state index in [2.05, 4.69) is 6.58 Å². The second-order valence-corrected chi connectivity index (χ2v) is 6.38. The normalized spacial score (nSPS) is 19.2. The third-order valence-corrected chi connectivity index (χ3v) is 4.62. The Balaban J connectivity index is 1.74. The van der Waals surface area contributed by atoms with E-state index in [9.17, 15) is 4.79 Å². The summed E-state index contributed by atoms with van der Waals surface area (Å²) in [6.07, 6.45) is 1.67. The number of likely N-dealkylation sites (tertiary alicyclic amines) is 1. The van der Waals surface area contributed by atoms with E-state index in [4.69, 9.17) is 15.2 Å². The Kier molecular flexibility index (Phi) is 5.58. The van der Waals surface area contributed by atoms with E-state index in [1.165, 1.54) is 0 Å². The molecule has 5 nitrogen and oxygen atoms in total. The van der Waals surface area contributed by atoms with Crippen LogP contribution in [-0.4, -0.2) is 43.7 Å². The fourth-order valence-electron chi connectivity index (χ4n) is 3.28. The Labute approximate surface area is 154 Å². The summed E-state index contributed by atoms with van der Waals surface area (Å²) in [6, 6.07) is 15.0. The van der Waals surface area contributed by atoms with E-state index in [0.717, 1.165) is 11.3 Å². The number of hydrogen-bond donors (Lipinski definition) is 1. The maximum atomic E-state index is 12.9. The van der Waals surface area contributed by atoms with Crippen molar-refractivity contribution in [3.05, 3.63) is 72.3 Å². The summed E-state index contributed by atoms with van der Waals surface area (Å²) in [6.45, 7) is 5.15. The van der Waals surface area contributed by atoms with Crippen LogP contribution in [0.5, 0.6) is 11.5 Å². The highest BCUT2D eigenvalue weighted by molar-refractivity contribution is 5.95. The molecule has 0 bridgehead atoms. The van der Waals surface area contributed by atoms with Gasteiger partial charge in [0.15, 0.2) is 0 Å². The fourth-order valence-corrected chi connectivity index (χ4v) is 3.28. The van der Waals surface area contributed by atoms with Crippen molar-refractivity contribution in [2.45, 2.75) is 12.0 Å². The van der Waals surface area contributed by atoms with Crippen LogP contribution >= 0.6 is 0 Å². The number of amides is 1. The van der Waals surface area contributed by atoms with E-state index in [1.807, 2.05) is 36.4 Å². The quantitative estimate of drug-likeness (QED) is 0.812. The molecule has 0 saturated carbocycles. The van der Waals surface area contributed by atoms with Crippen LogP contribution in [0.1, 0.15) is 21.8 Å². The van der Waals surface area contributed by atoms with Crippen LogP contribution < -0.4 is 15.2 Å². The summed E-state index contributed by atoms with van der Waals surface area (Å²) >= 11 is 0. The lowest BCUT2D eigenvalue weighted by atomic mass is 9.95. The van der Waals surface area contributed by atoms with Gasteiger partial charge >= 0.3 is 0 Å². The molecule has 3 rings (SSSR count). The van der Waals surface area contributed by atoms with Gasteiger partial charge in [0.1, 0.15) is 18.1 Å². The number of ether oxygens (including phenoxy) is 2. The number of nitrogens with zero attached hydrogens (tertiary/aromatic N) is 1. The predicted molar refractivity (Wildman–Crippen MR) is 102 cm³/mol. The van der Waals surface area contributed by atoms with Gasteiger partial charge in [-0.25, -0.2) is 0 Å². The Bertz CT molecular complexity index is 790. The summed E-state index contributed by atoms with van der Waals surface area (Å²) in [7, 11) is 1.64. The van der Waals surface area contributed by atoms with Crippen molar-refractivity contribution in [2.75, 3.05) is 26.8 Å². The average molecular weight is 352 g/mol. The molecule has 0 radical (unpaired) electrons. The molecule has 2 atom stereocenters. The Hall–Kier alpha value is -2.79. The highest BCUT2D eigenvalue weighted by Gasteiger charge is 2.34. The first-order valence-electron chi connectivity index (χ1n) is 8.65. The number of carbonyl (C=O) groups is 1. The number of methoxy groups -OCH3 is 1. The second-order valence-electron chi connectivity index (χ2n) is 6.38. The third kappa shape index (κ3) is 3.89. The maximum Gasteiger partial charge on any atom is 0.254 e. The minimum Gasteiger partial charge on any atom is -0.497 e. The van der Waals surface area contributed by atoms with Gasteiger partial charge < -0.3 is 20.1 Å². The molecule has 136 valence electrons. The van der Waals surface area contributed by atoms with Gasteiger partial charge in [-0.1, -0.05) is 30.9 Å². The number of carbonyl (C=O) groups excluding carboxylic acids is 1. The second kappa shape index (κ2) is 8.06.